The first-order chi connectivity index (χ1) is 7.54. The molecule has 1 nitrogen and oxygen atoms in total. The third-order valence-electron chi connectivity index (χ3n) is 2.92. The van der Waals surface area contributed by atoms with Gasteiger partial charge in [0.15, 0.2) is 0 Å². The molecule has 90 valence electrons. The second kappa shape index (κ2) is 6.00. The average molecular weight is 224 g/mol. The van der Waals surface area contributed by atoms with E-state index in [0.717, 1.165) is 18.4 Å². The first-order valence-electron chi connectivity index (χ1n) is 5.98. The second-order valence-electron chi connectivity index (χ2n) is 4.67. The van der Waals surface area contributed by atoms with Crippen LogP contribution in [0.3, 0.4) is 0 Å². The average Bonchev–Trinajstić information content (AvgIpc) is 2.17. The summed E-state index contributed by atoms with van der Waals surface area (Å²) in [6, 6.07) is 5.00. The maximum Gasteiger partial charge on any atom is 0.129 e. The molecule has 1 rings (SSSR count). The molecule has 2 unspecified atom stereocenters. The van der Waals surface area contributed by atoms with E-state index < -0.39 is 6.10 Å². The van der Waals surface area contributed by atoms with Crippen LogP contribution in [-0.2, 0) is 0 Å². The molecule has 2 atom stereocenters. The highest BCUT2D eigenvalue weighted by Crippen LogP contribution is 2.26. The van der Waals surface area contributed by atoms with E-state index in [4.69, 9.17) is 0 Å². The van der Waals surface area contributed by atoms with Crippen LogP contribution >= 0.6 is 0 Å². The highest BCUT2D eigenvalue weighted by atomic mass is 19.1. The van der Waals surface area contributed by atoms with Gasteiger partial charge in [-0.05, 0) is 30.9 Å². The predicted molar refractivity (Wildman–Crippen MR) is 64.8 cm³/mol. The summed E-state index contributed by atoms with van der Waals surface area (Å²) in [5.41, 5.74) is 1.31. The van der Waals surface area contributed by atoms with E-state index >= 15 is 0 Å². The molecule has 0 radical (unpaired) electrons. The first-order valence-corrected chi connectivity index (χ1v) is 5.98. The molecule has 0 aliphatic heterocycles. The number of hydrogen-bond acceptors (Lipinski definition) is 1. The van der Waals surface area contributed by atoms with Crippen molar-refractivity contribution >= 4 is 0 Å². The number of halogens is 1. The molecule has 0 heterocycles. The van der Waals surface area contributed by atoms with Gasteiger partial charge >= 0.3 is 0 Å². The molecule has 0 spiro atoms. The van der Waals surface area contributed by atoms with Crippen molar-refractivity contribution in [1.82, 2.24) is 0 Å². The Hall–Kier alpha value is -0.890. The Kier molecular flexibility index (Phi) is 4.94. The lowest BCUT2D eigenvalue weighted by Gasteiger charge is -2.16. The lowest BCUT2D eigenvalue weighted by molar-refractivity contribution is 0.141. The molecule has 0 fully saturated rings. The lowest BCUT2D eigenvalue weighted by Crippen LogP contribution is -2.06. The van der Waals surface area contributed by atoms with Gasteiger partial charge in [-0.2, -0.15) is 0 Å². The zero-order chi connectivity index (χ0) is 12.1. The molecule has 0 amide bonds. The third-order valence-corrected chi connectivity index (χ3v) is 2.92. The molecule has 0 bridgehead atoms. The summed E-state index contributed by atoms with van der Waals surface area (Å²) in [5, 5.41) is 9.95. The van der Waals surface area contributed by atoms with Crippen LogP contribution in [0.5, 0.6) is 0 Å². The lowest BCUT2D eigenvalue weighted by atomic mass is 9.94. The predicted octanol–water partition coefficient (Wildman–Crippen LogP) is 3.99. The minimum Gasteiger partial charge on any atom is -0.388 e. The Bertz CT molecular complexity index is 336. The number of aliphatic hydroxyl groups is 1. The van der Waals surface area contributed by atoms with Crippen molar-refractivity contribution in [3.8, 4) is 0 Å². The summed E-state index contributed by atoms with van der Waals surface area (Å²) in [4.78, 5) is 0. The van der Waals surface area contributed by atoms with Crippen molar-refractivity contribution in [3.63, 3.8) is 0 Å². The monoisotopic (exact) mass is 224 g/mol. The number of rotatable bonds is 5. The number of benzene rings is 1. The molecule has 0 aliphatic rings. The molecule has 2 heteroatoms. The first kappa shape index (κ1) is 13.2. The van der Waals surface area contributed by atoms with E-state index in [-0.39, 0.29) is 5.82 Å². The fourth-order valence-electron chi connectivity index (χ4n) is 2.02. The quantitative estimate of drug-likeness (QED) is 0.801. The van der Waals surface area contributed by atoms with Gasteiger partial charge in [0.05, 0.1) is 6.10 Å². The smallest absolute Gasteiger partial charge is 0.129 e. The van der Waals surface area contributed by atoms with Crippen LogP contribution < -0.4 is 0 Å². The van der Waals surface area contributed by atoms with Crippen LogP contribution in [0.25, 0.3) is 0 Å². The zero-order valence-electron chi connectivity index (χ0n) is 10.3. The van der Waals surface area contributed by atoms with Crippen molar-refractivity contribution in [2.24, 2.45) is 5.92 Å². The van der Waals surface area contributed by atoms with E-state index in [1.165, 1.54) is 6.07 Å². The molecule has 1 aromatic carbocycles. The molecular weight excluding hydrogens is 203 g/mol. The van der Waals surface area contributed by atoms with Crippen molar-refractivity contribution < 1.29 is 9.50 Å². The molecule has 0 saturated heterocycles. The highest BCUT2D eigenvalue weighted by molar-refractivity contribution is 5.25. The minimum absolute atomic E-state index is 0.295. The van der Waals surface area contributed by atoms with Crippen LogP contribution in [0.15, 0.2) is 18.2 Å². The molecule has 1 N–H and O–H groups in total. The Morgan fingerprint density at radius 2 is 2.06 bits per heavy atom. The van der Waals surface area contributed by atoms with E-state index in [1.807, 2.05) is 13.0 Å². The van der Waals surface area contributed by atoms with E-state index in [1.54, 1.807) is 6.07 Å². The molecule has 16 heavy (non-hydrogen) atoms. The Labute approximate surface area is 97.3 Å². The summed E-state index contributed by atoms with van der Waals surface area (Å²) in [5.74, 6) is 0.136. The Morgan fingerprint density at radius 1 is 1.38 bits per heavy atom. The normalized spacial score (nSPS) is 14.8. The van der Waals surface area contributed by atoms with Crippen molar-refractivity contribution in [2.75, 3.05) is 0 Å². The number of hydrogen-bond donors (Lipinski definition) is 1. The standard InChI is InChI=1S/C14H21FO/c1-4-5-10(2)9-14(16)12-7-6-11(3)8-13(12)15/h6-8,10,14,16H,4-5,9H2,1-3H3. The molecule has 1 aromatic rings. The zero-order valence-corrected chi connectivity index (χ0v) is 10.3. The van der Waals surface area contributed by atoms with Crippen molar-refractivity contribution in [3.05, 3.63) is 35.1 Å². The van der Waals surface area contributed by atoms with Gasteiger partial charge in [-0.15, -0.1) is 0 Å². The van der Waals surface area contributed by atoms with Gasteiger partial charge in [0.1, 0.15) is 5.82 Å². The Balaban J connectivity index is 2.69. The van der Waals surface area contributed by atoms with Gasteiger partial charge in [-0.1, -0.05) is 38.8 Å². The third kappa shape index (κ3) is 3.60. The minimum atomic E-state index is -0.679. The fraction of sp³-hybridized carbons (Fsp3) is 0.571. The molecule has 0 aromatic heterocycles. The van der Waals surface area contributed by atoms with Crippen LogP contribution in [-0.4, -0.2) is 5.11 Å². The molecule has 0 saturated carbocycles. The van der Waals surface area contributed by atoms with Gasteiger partial charge in [-0.25, -0.2) is 4.39 Å². The van der Waals surface area contributed by atoms with Crippen LogP contribution in [0.1, 0.15) is 50.3 Å². The topological polar surface area (TPSA) is 20.2 Å². The SMILES string of the molecule is CCCC(C)CC(O)c1ccc(C)cc1F. The van der Waals surface area contributed by atoms with Crippen LogP contribution in [0, 0.1) is 18.7 Å². The van der Waals surface area contributed by atoms with Gasteiger partial charge in [0, 0.05) is 5.56 Å². The van der Waals surface area contributed by atoms with Crippen molar-refractivity contribution in [1.29, 1.82) is 0 Å². The van der Waals surface area contributed by atoms with E-state index in [2.05, 4.69) is 13.8 Å². The van der Waals surface area contributed by atoms with E-state index in [9.17, 15) is 9.50 Å². The Morgan fingerprint density at radius 3 is 2.62 bits per heavy atom. The van der Waals surface area contributed by atoms with Gasteiger partial charge in [0.2, 0.25) is 0 Å². The number of aryl methyl sites for hydroxylation is 1. The maximum atomic E-state index is 13.6. The molecular formula is C14H21FO. The highest BCUT2D eigenvalue weighted by Gasteiger charge is 2.15. The maximum absolute atomic E-state index is 13.6. The summed E-state index contributed by atoms with van der Waals surface area (Å²) in [6.45, 7) is 6.06. The summed E-state index contributed by atoms with van der Waals surface area (Å²) < 4.78 is 13.6. The fourth-order valence-corrected chi connectivity index (χ4v) is 2.02. The van der Waals surface area contributed by atoms with Gasteiger partial charge in [-0.3, -0.25) is 0 Å². The van der Waals surface area contributed by atoms with Crippen LogP contribution in [0.4, 0.5) is 4.39 Å². The van der Waals surface area contributed by atoms with Gasteiger partial charge < -0.3 is 5.11 Å². The second-order valence-corrected chi connectivity index (χ2v) is 4.67. The van der Waals surface area contributed by atoms with Crippen LogP contribution in [0.2, 0.25) is 0 Å². The summed E-state index contributed by atoms with van der Waals surface area (Å²) in [7, 11) is 0. The number of aliphatic hydroxyl groups excluding tert-OH is 1. The van der Waals surface area contributed by atoms with Gasteiger partial charge in [0.25, 0.3) is 0 Å². The molecule has 0 aliphatic carbocycles. The summed E-state index contributed by atoms with van der Waals surface area (Å²) in [6.07, 6.45) is 2.13. The summed E-state index contributed by atoms with van der Waals surface area (Å²) >= 11 is 0. The van der Waals surface area contributed by atoms with Crippen molar-refractivity contribution in [2.45, 2.75) is 46.1 Å². The largest absolute Gasteiger partial charge is 0.388 e. The van der Waals surface area contributed by atoms with E-state index in [0.29, 0.717) is 17.9 Å².